The lowest BCUT2D eigenvalue weighted by molar-refractivity contribution is 0.157. The maximum atomic E-state index is 12.0. The van der Waals surface area contributed by atoms with Crippen molar-refractivity contribution >= 4 is 10.0 Å². The molecule has 1 rings (SSSR count). The summed E-state index contributed by atoms with van der Waals surface area (Å²) in [5.74, 6) is 0.112. The van der Waals surface area contributed by atoms with Gasteiger partial charge in [0.1, 0.15) is 0 Å². The Morgan fingerprint density at radius 2 is 1.75 bits per heavy atom. The van der Waals surface area contributed by atoms with Crippen molar-refractivity contribution < 1.29 is 8.42 Å². The zero-order valence-corrected chi connectivity index (χ0v) is 11.4. The number of sulfonamides is 1. The summed E-state index contributed by atoms with van der Waals surface area (Å²) in [4.78, 5) is 0. The topological polar surface area (TPSA) is 63.4 Å². The molecule has 0 aliphatic carbocycles. The van der Waals surface area contributed by atoms with Gasteiger partial charge in [0, 0.05) is 12.6 Å². The molecule has 16 heavy (non-hydrogen) atoms. The number of hydrogen-bond acceptors (Lipinski definition) is 3. The minimum Gasteiger partial charge on any atom is -0.325 e. The lowest BCUT2D eigenvalue weighted by Crippen LogP contribution is -2.54. The normalized spacial score (nSPS) is 28.4. The van der Waals surface area contributed by atoms with Gasteiger partial charge in [-0.3, -0.25) is 0 Å². The van der Waals surface area contributed by atoms with Crippen molar-refractivity contribution in [2.24, 2.45) is 5.73 Å². The van der Waals surface area contributed by atoms with E-state index in [1.165, 1.54) is 0 Å². The molecule has 1 aliphatic heterocycles. The summed E-state index contributed by atoms with van der Waals surface area (Å²) in [5, 5.41) is 0. The van der Waals surface area contributed by atoms with E-state index < -0.39 is 10.0 Å². The molecule has 1 aliphatic rings. The van der Waals surface area contributed by atoms with Crippen LogP contribution < -0.4 is 5.73 Å². The number of likely N-dealkylation sites (N-methyl/N-ethyl adjacent to an activating group) is 1. The van der Waals surface area contributed by atoms with Crippen LogP contribution in [0.15, 0.2) is 0 Å². The smallest absolute Gasteiger partial charge is 0.216 e. The second kappa shape index (κ2) is 5.02. The van der Waals surface area contributed by atoms with Crippen LogP contribution in [0.3, 0.4) is 0 Å². The molecule has 0 amide bonds. The van der Waals surface area contributed by atoms with Crippen LogP contribution in [0.1, 0.15) is 46.5 Å². The van der Waals surface area contributed by atoms with Crippen molar-refractivity contribution in [1.29, 1.82) is 0 Å². The monoisotopic (exact) mass is 248 g/mol. The van der Waals surface area contributed by atoms with Crippen LogP contribution in [0.25, 0.3) is 0 Å². The predicted octanol–water partition coefficient (Wildman–Crippen LogP) is 1.32. The lowest BCUT2D eigenvalue weighted by Gasteiger charge is -2.39. The fourth-order valence-electron chi connectivity index (χ4n) is 3.06. The van der Waals surface area contributed by atoms with Crippen LogP contribution in [-0.4, -0.2) is 36.6 Å². The van der Waals surface area contributed by atoms with E-state index in [4.69, 9.17) is 5.73 Å². The molecule has 5 heteroatoms. The Kier molecular flexibility index (Phi) is 4.37. The molecule has 96 valence electrons. The first-order valence-electron chi connectivity index (χ1n) is 6.20. The third-order valence-electron chi connectivity index (χ3n) is 3.57. The average Bonchev–Trinajstić information content (AvgIpc) is 2.34. The minimum absolute atomic E-state index is 0.112. The zero-order valence-electron chi connectivity index (χ0n) is 10.6. The van der Waals surface area contributed by atoms with Crippen LogP contribution in [-0.2, 0) is 10.0 Å². The molecule has 0 radical (unpaired) electrons. The Bertz CT molecular complexity index is 321. The molecule has 0 saturated carbocycles. The SMILES string of the molecule is CCCC1(CCC)C(N)CS(=O)(=O)N1CC. The fourth-order valence-corrected chi connectivity index (χ4v) is 5.27. The van der Waals surface area contributed by atoms with Gasteiger partial charge in [-0.25, -0.2) is 8.42 Å². The van der Waals surface area contributed by atoms with Gasteiger partial charge in [-0.1, -0.05) is 33.6 Å². The highest BCUT2D eigenvalue weighted by molar-refractivity contribution is 7.89. The molecule has 0 aromatic heterocycles. The summed E-state index contributed by atoms with van der Waals surface area (Å²) < 4.78 is 25.7. The zero-order chi connectivity index (χ0) is 12.4. The van der Waals surface area contributed by atoms with Crippen molar-refractivity contribution in [3.05, 3.63) is 0 Å². The fraction of sp³-hybridized carbons (Fsp3) is 1.00. The summed E-state index contributed by atoms with van der Waals surface area (Å²) in [6.45, 7) is 6.61. The van der Waals surface area contributed by atoms with E-state index >= 15 is 0 Å². The van der Waals surface area contributed by atoms with Gasteiger partial charge in [-0.2, -0.15) is 4.31 Å². The highest BCUT2D eigenvalue weighted by Crippen LogP contribution is 2.38. The quantitative estimate of drug-likeness (QED) is 0.798. The standard InChI is InChI=1S/C11H24N2O2S/c1-4-7-11(8-5-2)10(12)9-16(14,15)13(11)6-3/h10H,4-9,12H2,1-3H3. The molecule has 0 aromatic carbocycles. The third-order valence-corrected chi connectivity index (χ3v) is 5.64. The van der Waals surface area contributed by atoms with Crippen molar-refractivity contribution in [3.63, 3.8) is 0 Å². The third kappa shape index (κ3) is 2.13. The molecule has 1 saturated heterocycles. The van der Waals surface area contributed by atoms with Gasteiger partial charge < -0.3 is 5.73 Å². The molecule has 0 spiro atoms. The number of rotatable bonds is 5. The van der Waals surface area contributed by atoms with Crippen molar-refractivity contribution in [3.8, 4) is 0 Å². The Morgan fingerprint density at radius 1 is 1.25 bits per heavy atom. The van der Waals surface area contributed by atoms with E-state index in [-0.39, 0.29) is 17.3 Å². The van der Waals surface area contributed by atoms with Gasteiger partial charge in [0.05, 0.1) is 11.3 Å². The van der Waals surface area contributed by atoms with Crippen LogP contribution in [0.4, 0.5) is 0 Å². The molecule has 0 bridgehead atoms. The van der Waals surface area contributed by atoms with E-state index in [9.17, 15) is 8.42 Å². The van der Waals surface area contributed by atoms with Gasteiger partial charge in [0.2, 0.25) is 10.0 Å². The number of hydrogen-bond donors (Lipinski definition) is 1. The van der Waals surface area contributed by atoms with Crippen molar-refractivity contribution in [2.75, 3.05) is 12.3 Å². The Balaban J connectivity index is 3.13. The Hall–Kier alpha value is -0.130. The second-order valence-corrected chi connectivity index (χ2v) is 6.59. The average molecular weight is 248 g/mol. The summed E-state index contributed by atoms with van der Waals surface area (Å²) in [5.41, 5.74) is 5.78. The van der Waals surface area contributed by atoms with E-state index in [1.807, 2.05) is 6.92 Å². The van der Waals surface area contributed by atoms with Crippen LogP contribution in [0.2, 0.25) is 0 Å². The van der Waals surface area contributed by atoms with Crippen LogP contribution in [0, 0.1) is 0 Å². The summed E-state index contributed by atoms with van der Waals surface area (Å²) in [6, 6.07) is -0.239. The molecule has 2 N–H and O–H groups in total. The first-order valence-corrected chi connectivity index (χ1v) is 7.81. The molecule has 1 fully saturated rings. The first kappa shape index (κ1) is 13.9. The highest BCUT2D eigenvalue weighted by atomic mass is 32.2. The van der Waals surface area contributed by atoms with E-state index in [2.05, 4.69) is 13.8 Å². The van der Waals surface area contributed by atoms with Gasteiger partial charge in [0.25, 0.3) is 0 Å². The minimum atomic E-state index is -3.13. The molecule has 4 nitrogen and oxygen atoms in total. The number of nitrogens with two attached hydrogens (primary N) is 1. The van der Waals surface area contributed by atoms with Crippen LogP contribution >= 0.6 is 0 Å². The molecule has 1 atom stereocenters. The van der Waals surface area contributed by atoms with Crippen molar-refractivity contribution in [1.82, 2.24) is 4.31 Å². The molecular formula is C11H24N2O2S. The van der Waals surface area contributed by atoms with Crippen molar-refractivity contribution in [2.45, 2.75) is 58.0 Å². The van der Waals surface area contributed by atoms with Crippen LogP contribution in [0.5, 0.6) is 0 Å². The lowest BCUT2D eigenvalue weighted by atomic mass is 9.82. The Morgan fingerprint density at radius 3 is 2.12 bits per heavy atom. The molecular weight excluding hydrogens is 224 g/mol. The largest absolute Gasteiger partial charge is 0.325 e. The molecule has 0 aromatic rings. The molecule has 1 heterocycles. The Labute approximate surface area is 99.2 Å². The first-order chi connectivity index (χ1) is 7.44. The maximum absolute atomic E-state index is 12.0. The second-order valence-electron chi connectivity index (χ2n) is 4.65. The van der Waals surface area contributed by atoms with E-state index in [0.29, 0.717) is 6.54 Å². The van der Waals surface area contributed by atoms with Gasteiger partial charge in [-0.15, -0.1) is 0 Å². The van der Waals surface area contributed by atoms with Gasteiger partial charge in [-0.05, 0) is 12.8 Å². The van der Waals surface area contributed by atoms with Gasteiger partial charge >= 0.3 is 0 Å². The molecule has 1 unspecified atom stereocenters. The summed E-state index contributed by atoms with van der Waals surface area (Å²) in [6.07, 6.45) is 3.68. The predicted molar refractivity (Wildman–Crippen MR) is 66.7 cm³/mol. The summed E-state index contributed by atoms with van der Waals surface area (Å²) in [7, 11) is -3.13. The number of nitrogens with zero attached hydrogens (tertiary/aromatic N) is 1. The van der Waals surface area contributed by atoms with Gasteiger partial charge in [0.15, 0.2) is 0 Å². The summed E-state index contributed by atoms with van der Waals surface area (Å²) >= 11 is 0. The van der Waals surface area contributed by atoms with E-state index in [0.717, 1.165) is 25.7 Å². The van der Waals surface area contributed by atoms with E-state index in [1.54, 1.807) is 4.31 Å². The highest BCUT2D eigenvalue weighted by Gasteiger charge is 2.52. The maximum Gasteiger partial charge on any atom is 0.216 e.